The van der Waals surface area contributed by atoms with Crippen molar-refractivity contribution in [1.82, 2.24) is 0 Å². The molecule has 2 aromatic rings. The molecule has 0 fully saturated rings. The van der Waals surface area contributed by atoms with Gasteiger partial charge in [0, 0.05) is 18.2 Å². The van der Waals surface area contributed by atoms with Crippen LogP contribution in [0.1, 0.15) is 27.6 Å². The van der Waals surface area contributed by atoms with Crippen molar-refractivity contribution in [3.8, 4) is 5.75 Å². The van der Waals surface area contributed by atoms with E-state index in [1.807, 2.05) is 0 Å². The predicted octanol–water partition coefficient (Wildman–Crippen LogP) is 1.23. The van der Waals surface area contributed by atoms with Gasteiger partial charge in [-0.05, 0) is 42.0 Å². The van der Waals surface area contributed by atoms with E-state index in [4.69, 9.17) is 4.74 Å². The molecule has 0 aliphatic heterocycles. The van der Waals surface area contributed by atoms with Gasteiger partial charge in [0.15, 0.2) is 0 Å². The number of nitrogens with one attached hydrogen (secondary N) is 1. The van der Waals surface area contributed by atoms with Crippen LogP contribution in [0, 0.1) is 0 Å². The summed E-state index contributed by atoms with van der Waals surface area (Å²) in [7, 11) is 0. The highest BCUT2D eigenvalue weighted by Crippen LogP contribution is 2.15. The highest BCUT2D eigenvalue weighted by atomic mass is 16.5. The lowest BCUT2D eigenvalue weighted by molar-refractivity contribution is -0.255. The Bertz CT molecular complexity index is 722. The monoisotopic (exact) mass is 298 g/mol. The van der Waals surface area contributed by atoms with E-state index in [1.165, 1.54) is 49.4 Å². The number of benzene rings is 2. The van der Waals surface area contributed by atoms with Crippen LogP contribution in [-0.4, -0.2) is 17.8 Å². The van der Waals surface area contributed by atoms with Gasteiger partial charge in [-0.3, -0.25) is 9.59 Å². The van der Waals surface area contributed by atoms with Crippen molar-refractivity contribution < 1.29 is 24.2 Å². The molecule has 0 saturated heterocycles. The Balaban J connectivity index is 2.10. The first-order valence-electron chi connectivity index (χ1n) is 6.37. The van der Waals surface area contributed by atoms with Crippen LogP contribution in [0.3, 0.4) is 0 Å². The molecule has 0 unspecified atom stereocenters. The van der Waals surface area contributed by atoms with E-state index >= 15 is 0 Å². The molecule has 6 heteroatoms. The number of esters is 1. The molecule has 6 nitrogen and oxygen atoms in total. The predicted molar refractivity (Wildman–Crippen MR) is 76.5 cm³/mol. The van der Waals surface area contributed by atoms with Gasteiger partial charge in [0.05, 0.1) is 5.97 Å². The standard InChI is InChI=1S/C16H13NO5/c1-10(18)22-14-7-5-11(6-8-14)15(19)17-13-4-2-3-12(9-13)16(20)21/h2-9H,1H3,(H,17,19)(H,20,21)/p-1. The van der Waals surface area contributed by atoms with Gasteiger partial charge < -0.3 is 20.0 Å². The molecule has 0 bridgehead atoms. The molecule has 1 amide bonds. The minimum atomic E-state index is -1.32. The maximum atomic E-state index is 12.0. The summed E-state index contributed by atoms with van der Waals surface area (Å²) in [5.41, 5.74) is 0.661. The molecule has 2 aromatic carbocycles. The van der Waals surface area contributed by atoms with Crippen LogP contribution >= 0.6 is 0 Å². The topological polar surface area (TPSA) is 95.5 Å². The Hall–Kier alpha value is -3.15. The van der Waals surface area contributed by atoms with Crippen LogP contribution in [0.15, 0.2) is 48.5 Å². The van der Waals surface area contributed by atoms with Crippen molar-refractivity contribution in [2.24, 2.45) is 0 Å². The first-order valence-corrected chi connectivity index (χ1v) is 6.37. The molecule has 0 atom stereocenters. The molecule has 112 valence electrons. The first kappa shape index (κ1) is 15.2. The minimum Gasteiger partial charge on any atom is -0.545 e. The number of anilines is 1. The average molecular weight is 298 g/mol. The second-order valence-corrected chi connectivity index (χ2v) is 4.44. The maximum Gasteiger partial charge on any atom is 0.308 e. The summed E-state index contributed by atoms with van der Waals surface area (Å²) in [6, 6.07) is 11.7. The van der Waals surface area contributed by atoms with E-state index in [2.05, 4.69) is 5.32 Å². The van der Waals surface area contributed by atoms with Crippen LogP contribution < -0.4 is 15.2 Å². The molecular weight excluding hydrogens is 286 g/mol. The van der Waals surface area contributed by atoms with Gasteiger partial charge in [0.2, 0.25) is 0 Å². The zero-order chi connectivity index (χ0) is 16.1. The molecule has 0 aromatic heterocycles. The van der Waals surface area contributed by atoms with Gasteiger partial charge in [-0.1, -0.05) is 12.1 Å². The van der Waals surface area contributed by atoms with Crippen molar-refractivity contribution in [2.75, 3.05) is 5.32 Å². The van der Waals surface area contributed by atoms with E-state index in [0.29, 0.717) is 17.0 Å². The number of hydrogen-bond acceptors (Lipinski definition) is 5. The molecule has 0 heterocycles. The highest BCUT2D eigenvalue weighted by molar-refractivity contribution is 6.04. The number of carbonyl (C=O) groups excluding carboxylic acids is 3. The molecule has 0 aliphatic rings. The molecule has 0 spiro atoms. The largest absolute Gasteiger partial charge is 0.545 e. The quantitative estimate of drug-likeness (QED) is 0.676. The summed E-state index contributed by atoms with van der Waals surface area (Å²) in [6.45, 7) is 1.28. The van der Waals surface area contributed by atoms with Gasteiger partial charge in [-0.2, -0.15) is 0 Å². The second kappa shape index (κ2) is 6.53. The third-order valence-electron chi connectivity index (χ3n) is 2.73. The zero-order valence-electron chi connectivity index (χ0n) is 11.7. The number of aromatic carboxylic acids is 1. The van der Waals surface area contributed by atoms with Crippen LogP contribution in [0.5, 0.6) is 5.75 Å². The minimum absolute atomic E-state index is 0.0250. The summed E-state index contributed by atoms with van der Waals surface area (Å²) in [5.74, 6) is -1.84. The molecule has 2 rings (SSSR count). The van der Waals surface area contributed by atoms with E-state index in [0.717, 1.165) is 0 Å². The van der Waals surface area contributed by atoms with Crippen molar-refractivity contribution in [1.29, 1.82) is 0 Å². The lowest BCUT2D eigenvalue weighted by Gasteiger charge is -2.08. The lowest BCUT2D eigenvalue weighted by atomic mass is 10.1. The molecule has 0 radical (unpaired) electrons. The lowest BCUT2D eigenvalue weighted by Crippen LogP contribution is -2.22. The summed E-state index contributed by atoms with van der Waals surface area (Å²) >= 11 is 0. The number of carbonyl (C=O) groups is 3. The van der Waals surface area contributed by atoms with Crippen LogP contribution in [-0.2, 0) is 4.79 Å². The second-order valence-electron chi connectivity index (χ2n) is 4.44. The number of amides is 1. The smallest absolute Gasteiger partial charge is 0.308 e. The fourth-order valence-corrected chi connectivity index (χ4v) is 1.77. The van der Waals surface area contributed by atoms with Crippen LogP contribution in [0.25, 0.3) is 0 Å². The third kappa shape index (κ3) is 3.92. The van der Waals surface area contributed by atoms with Crippen LogP contribution in [0.4, 0.5) is 5.69 Å². The molecule has 22 heavy (non-hydrogen) atoms. The van der Waals surface area contributed by atoms with Crippen LogP contribution in [0.2, 0.25) is 0 Å². The van der Waals surface area contributed by atoms with Gasteiger partial charge in [-0.25, -0.2) is 0 Å². The van der Waals surface area contributed by atoms with E-state index < -0.39 is 17.8 Å². The van der Waals surface area contributed by atoms with Crippen molar-refractivity contribution in [3.05, 3.63) is 59.7 Å². The number of carboxylic acids is 1. The molecule has 0 saturated carbocycles. The summed E-state index contributed by atoms with van der Waals surface area (Å²) in [6.07, 6.45) is 0. The highest BCUT2D eigenvalue weighted by Gasteiger charge is 2.07. The number of ether oxygens (including phenoxy) is 1. The zero-order valence-corrected chi connectivity index (χ0v) is 11.7. The normalized spacial score (nSPS) is 9.86. The Morgan fingerprint density at radius 2 is 1.68 bits per heavy atom. The summed E-state index contributed by atoms with van der Waals surface area (Å²) < 4.78 is 4.87. The maximum absolute atomic E-state index is 12.0. The first-order chi connectivity index (χ1) is 10.5. The Morgan fingerprint density at radius 3 is 2.27 bits per heavy atom. The third-order valence-corrected chi connectivity index (χ3v) is 2.73. The van der Waals surface area contributed by atoms with E-state index in [1.54, 1.807) is 6.07 Å². The van der Waals surface area contributed by atoms with Gasteiger partial charge in [0.1, 0.15) is 5.75 Å². The van der Waals surface area contributed by atoms with Gasteiger partial charge in [0.25, 0.3) is 5.91 Å². The van der Waals surface area contributed by atoms with E-state index in [-0.39, 0.29) is 5.56 Å². The van der Waals surface area contributed by atoms with Gasteiger partial charge >= 0.3 is 5.97 Å². The fourth-order valence-electron chi connectivity index (χ4n) is 1.77. The number of rotatable bonds is 4. The van der Waals surface area contributed by atoms with Crippen molar-refractivity contribution in [2.45, 2.75) is 6.92 Å². The molecule has 0 aliphatic carbocycles. The summed E-state index contributed by atoms with van der Waals surface area (Å²) in [4.78, 5) is 33.6. The summed E-state index contributed by atoms with van der Waals surface area (Å²) in [5, 5.41) is 13.3. The Labute approximate surface area is 126 Å². The number of hydrogen-bond donors (Lipinski definition) is 1. The van der Waals surface area contributed by atoms with Crippen molar-refractivity contribution in [3.63, 3.8) is 0 Å². The molecule has 1 N–H and O–H groups in total. The van der Waals surface area contributed by atoms with Crippen molar-refractivity contribution >= 4 is 23.5 Å². The van der Waals surface area contributed by atoms with Gasteiger partial charge in [-0.15, -0.1) is 0 Å². The molecular formula is C16H12NO5-. The SMILES string of the molecule is CC(=O)Oc1ccc(C(=O)Nc2cccc(C(=O)[O-])c2)cc1. The fraction of sp³-hybridized carbons (Fsp3) is 0.0625. The Kier molecular flexibility index (Phi) is 4.53. The number of carboxylic acid groups (broad SMARTS) is 1. The Morgan fingerprint density at radius 1 is 1.00 bits per heavy atom. The van der Waals surface area contributed by atoms with E-state index in [9.17, 15) is 19.5 Å². The average Bonchev–Trinajstić information content (AvgIpc) is 2.47.